The van der Waals surface area contributed by atoms with E-state index in [1.54, 1.807) is 6.92 Å². The van der Waals surface area contributed by atoms with Crippen molar-refractivity contribution in [2.24, 2.45) is 4.99 Å². The second-order valence-electron chi connectivity index (χ2n) is 6.98. The van der Waals surface area contributed by atoms with Gasteiger partial charge in [-0.05, 0) is 56.2 Å². The molecule has 1 atom stereocenters. The Balaban J connectivity index is 1.77. The third-order valence-corrected chi connectivity index (χ3v) is 5.90. The Bertz CT molecular complexity index is 1050. The fourth-order valence-corrected chi connectivity index (χ4v) is 4.33. The van der Waals surface area contributed by atoms with E-state index in [4.69, 9.17) is 9.73 Å². The molecule has 162 valence electrons. The highest BCUT2D eigenvalue weighted by Crippen LogP contribution is 2.34. The molecule has 6 nitrogen and oxygen atoms in total. The molecule has 0 saturated heterocycles. The second-order valence-corrected chi connectivity index (χ2v) is 8.86. The average molecular weight is 502 g/mol. The van der Waals surface area contributed by atoms with Gasteiger partial charge in [0.25, 0.3) is 0 Å². The van der Waals surface area contributed by atoms with Crippen LogP contribution in [0.5, 0.6) is 0 Å². The lowest BCUT2D eigenvalue weighted by atomic mass is 9.97. The molecule has 1 amide bonds. The zero-order chi connectivity index (χ0) is 22.4. The smallest absolute Gasteiger partial charge is 0.338 e. The van der Waals surface area contributed by atoms with Gasteiger partial charge in [-0.2, -0.15) is 0 Å². The number of esters is 1. The van der Waals surface area contributed by atoms with E-state index in [0.717, 1.165) is 21.3 Å². The number of benzene rings is 2. The minimum absolute atomic E-state index is 0.128. The van der Waals surface area contributed by atoms with Crippen LogP contribution < -0.4 is 10.6 Å². The topological polar surface area (TPSA) is 79.8 Å². The number of allylic oxidation sites excluding steroid dienone is 1. The standard InChI is InChI=1S/C23H24BrN3O3S/c1-4-30-22(29)20-15(3)25-23(27-21(20)16-8-6-9-17(24)12-16)31-13-19(28)26-18-10-5-7-14(2)11-18/h5-12,21H,4,13H2,1-3H3,(H,25,27)(H,26,28)/t21-/m0/s1. The third-order valence-electron chi connectivity index (χ3n) is 4.52. The highest BCUT2D eigenvalue weighted by molar-refractivity contribution is 9.10. The fourth-order valence-electron chi connectivity index (χ4n) is 3.17. The van der Waals surface area contributed by atoms with Crippen molar-refractivity contribution in [2.45, 2.75) is 26.8 Å². The van der Waals surface area contributed by atoms with E-state index in [2.05, 4.69) is 26.6 Å². The number of ether oxygens (including phenoxy) is 1. The number of carbonyl (C=O) groups is 2. The van der Waals surface area contributed by atoms with Crippen LogP contribution >= 0.6 is 27.7 Å². The van der Waals surface area contributed by atoms with Crippen LogP contribution in [0.15, 0.2) is 69.3 Å². The van der Waals surface area contributed by atoms with Gasteiger partial charge in [0.2, 0.25) is 5.91 Å². The van der Waals surface area contributed by atoms with Gasteiger partial charge in [-0.25, -0.2) is 9.79 Å². The molecule has 2 N–H and O–H groups in total. The molecule has 2 aromatic rings. The van der Waals surface area contributed by atoms with E-state index in [0.29, 0.717) is 16.4 Å². The predicted octanol–water partition coefficient (Wildman–Crippen LogP) is 4.97. The molecule has 31 heavy (non-hydrogen) atoms. The number of aliphatic imine (C=N–C) groups is 1. The summed E-state index contributed by atoms with van der Waals surface area (Å²) in [4.78, 5) is 29.7. The number of amides is 1. The van der Waals surface area contributed by atoms with E-state index in [9.17, 15) is 9.59 Å². The first-order valence-electron chi connectivity index (χ1n) is 9.85. The van der Waals surface area contributed by atoms with Crippen molar-refractivity contribution in [2.75, 3.05) is 17.7 Å². The highest BCUT2D eigenvalue weighted by Gasteiger charge is 2.30. The zero-order valence-electron chi connectivity index (χ0n) is 17.6. The maximum Gasteiger partial charge on any atom is 0.338 e. The summed E-state index contributed by atoms with van der Waals surface area (Å²) < 4.78 is 6.15. The van der Waals surface area contributed by atoms with Crippen molar-refractivity contribution in [3.05, 3.63) is 75.4 Å². The number of nitrogens with one attached hydrogen (secondary N) is 2. The van der Waals surface area contributed by atoms with Crippen LogP contribution in [0.25, 0.3) is 0 Å². The molecule has 2 aromatic carbocycles. The molecule has 1 aliphatic rings. The van der Waals surface area contributed by atoms with Gasteiger partial charge < -0.3 is 15.4 Å². The predicted molar refractivity (Wildman–Crippen MR) is 129 cm³/mol. The second kappa shape index (κ2) is 10.6. The van der Waals surface area contributed by atoms with Crippen LogP contribution in [0.4, 0.5) is 5.69 Å². The van der Waals surface area contributed by atoms with Gasteiger partial charge in [0, 0.05) is 15.9 Å². The summed E-state index contributed by atoms with van der Waals surface area (Å²) in [6.07, 6.45) is 0. The molecule has 3 rings (SSSR count). The summed E-state index contributed by atoms with van der Waals surface area (Å²) in [6, 6.07) is 14.8. The summed E-state index contributed by atoms with van der Waals surface area (Å²) in [7, 11) is 0. The Morgan fingerprint density at radius 1 is 1.19 bits per heavy atom. The van der Waals surface area contributed by atoms with E-state index in [1.165, 1.54) is 11.8 Å². The van der Waals surface area contributed by atoms with Gasteiger partial charge in [0.15, 0.2) is 5.17 Å². The molecule has 0 aromatic heterocycles. The number of hydrogen-bond donors (Lipinski definition) is 2. The first-order chi connectivity index (χ1) is 14.9. The van der Waals surface area contributed by atoms with Crippen LogP contribution in [0.2, 0.25) is 0 Å². The Morgan fingerprint density at radius 2 is 1.97 bits per heavy atom. The molecule has 0 spiro atoms. The molecule has 1 aliphatic heterocycles. The van der Waals surface area contributed by atoms with Crippen LogP contribution in [0.3, 0.4) is 0 Å². The van der Waals surface area contributed by atoms with Crippen LogP contribution in [-0.4, -0.2) is 29.4 Å². The summed E-state index contributed by atoms with van der Waals surface area (Å²) in [6.45, 7) is 5.85. The first-order valence-corrected chi connectivity index (χ1v) is 11.6. The van der Waals surface area contributed by atoms with Gasteiger partial charge >= 0.3 is 5.97 Å². The highest BCUT2D eigenvalue weighted by atomic mass is 79.9. The molecule has 8 heteroatoms. The number of hydrogen-bond acceptors (Lipinski definition) is 6. The van der Waals surface area contributed by atoms with Gasteiger partial charge in [0.1, 0.15) is 6.04 Å². The van der Waals surface area contributed by atoms with E-state index >= 15 is 0 Å². The minimum atomic E-state index is -0.514. The van der Waals surface area contributed by atoms with Crippen molar-refractivity contribution in [3.63, 3.8) is 0 Å². The SMILES string of the molecule is CCOC(=O)C1=C(C)NC(SCC(=O)Nc2cccc(C)c2)=N[C@H]1c1cccc(Br)c1. The molecule has 0 fully saturated rings. The monoisotopic (exact) mass is 501 g/mol. The quantitative estimate of drug-likeness (QED) is 0.546. The minimum Gasteiger partial charge on any atom is -0.463 e. The number of thioether (sulfide) groups is 1. The maximum atomic E-state index is 12.6. The van der Waals surface area contributed by atoms with Crippen molar-refractivity contribution in [3.8, 4) is 0 Å². The van der Waals surface area contributed by atoms with Gasteiger partial charge in [-0.3, -0.25) is 4.79 Å². The number of carbonyl (C=O) groups excluding carboxylic acids is 2. The van der Waals surface area contributed by atoms with Gasteiger partial charge in [0.05, 0.1) is 17.9 Å². The van der Waals surface area contributed by atoms with Crippen molar-refractivity contribution < 1.29 is 14.3 Å². The summed E-state index contributed by atoms with van der Waals surface area (Å²) in [5.41, 5.74) is 3.83. The summed E-state index contributed by atoms with van der Waals surface area (Å²) in [5.74, 6) is -0.341. The molecular weight excluding hydrogens is 478 g/mol. The fraction of sp³-hybridized carbons (Fsp3) is 0.261. The van der Waals surface area contributed by atoms with Crippen molar-refractivity contribution in [1.29, 1.82) is 0 Å². The average Bonchev–Trinajstić information content (AvgIpc) is 2.72. The molecule has 0 aliphatic carbocycles. The van der Waals surface area contributed by atoms with Gasteiger partial charge in [-0.15, -0.1) is 0 Å². The van der Waals surface area contributed by atoms with Crippen LogP contribution in [0.1, 0.15) is 31.0 Å². The number of halogens is 1. The first kappa shape index (κ1) is 23.1. The zero-order valence-corrected chi connectivity index (χ0v) is 20.0. The largest absolute Gasteiger partial charge is 0.463 e. The lowest BCUT2D eigenvalue weighted by molar-refractivity contribution is -0.139. The van der Waals surface area contributed by atoms with E-state index in [-0.39, 0.29) is 18.3 Å². The van der Waals surface area contributed by atoms with E-state index in [1.807, 2.05) is 62.4 Å². The molecule has 0 saturated carbocycles. The van der Waals surface area contributed by atoms with Crippen molar-refractivity contribution in [1.82, 2.24) is 5.32 Å². The summed E-state index contributed by atoms with van der Waals surface area (Å²) in [5, 5.41) is 6.62. The Morgan fingerprint density at radius 3 is 2.68 bits per heavy atom. The van der Waals surface area contributed by atoms with E-state index < -0.39 is 12.0 Å². The Hall–Kier alpha value is -2.58. The number of rotatable bonds is 6. The lowest BCUT2D eigenvalue weighted by Crippen LogP contribution is -2.31. The normalized spacial score (nSPS) is 15.7. The number of amidine groups is 1. The van der Waals surface area contributed by atoms with Crippen LogP contribution in [0, 0.1) is 6.92 Å². The molecular formula is C23H24BrN3O3S. The lowest BCUT2D eigenvalue weighted by Gasteiger charge is -2.25. The maximum absolute atomic E-state index is 12.6. The van der Waals surface area contributed by atoms with Crippen molar-refractivity contribution >= 4 is 50.4 Å². The number of nitrogens with zero attached hydrogens (tertiary/aromatic N) is 1. The Kier molecular flexibility index (Phi) is 7.92. The molecule has 0 radical (unpaired) electrons. The third kappa shape index (κ3) is 6.21. The summed E-state index contributed by atoms with van der Waals surface area (Å²) >= 11 is 4.77. The molecule has 0 bridgehead atoms. The van der Waals surface area contributed by atoms with Gasteiger partial charge in [-0.1, -0.05) is 52.0 Å². The molecule has 1 heterocycles. The van der Waals surface area contributed by atoms with Crippen LogP contribution in [-0.2, 0) is 14.3 Å². The Labute approximate surface area is 194 Å². The molecule has 0 unspecified atom stereocenters. The number of anilines is 1. The number of aryl methyl sites for hydroxylation is 1.